The highest BCUT2D eigenvalue weighted by Gasteiger charge is 2.20. The summed E-state index contributed by atoms with van der Waals surface area (Å²) in [5.74, 6) is -0.193. The van der Waals surface area contributed by atoms with Gasteiger partial charge in [-0.05, 0) is 38.0 Å². The summed E-state index contributed by atoms with van der Waals surface area (Å²) in [5, 5.41) is 16.9. The molecule has 3 rings (SSSR count). The number of hydrogen-bond acceptors (Lipinski definition) is 6. The first kappa shape index (κ1) is 24.3. The van der Waals surface area contributed by atoms with Crippen LogP contribution in [0.3, 0.4) is 0 Å². The number of benzene rings is 2. The average Bonchev–Trinajstić information content (AvgIpc) is 2.77. The van der Waals surface area contributed by atoms with Crippen LogP contribution in [0, 0.1) is 30.9 Å². The number of rotatable bonds is 8. The number of carbonyl (C=O) groups excluding carboxylic acids is 2. The van der Waals surface area contributed by atoms with Gasteiger partial charge in [0, 0.05) is 50.9 Å². The van der Waals surface area contributed by atoms with Crippen molar-refractivity contribution in [2.75, 3.05) is 49.9 Å². The van der Waals surface area contributed by atoms with Crippen LogP contribution in [-0.2, 0) is 9.59 Å². The molecule has 0 aliphatic carbocycles. The lowest BCUT2D eigenvalue weighted by Gasteiger charge is -2.34. The molecule has 2 aromatic carbocycles. The maximum Gasteiger partial charge on any atom is 0.274 e. The van der Waals surface area contributed by atoms with E-state index in [-0.39, 0.29) is 17.5 Å². The van der Waals surface area contributed by atoms with Gasteiger partial charge in [-0.25, -0.2) is 0 Å². The van der Waals surface area contributed by atoms with E-state index in [1.165, 1.54) is 6.07 Å². The van der Waals surface area contributed by atoms with Crippen molar-refractivity contribution in [1.29, 1.82) is 0 Å². The SMILES string of the molecule is Cc1cccc(C)c1NC(=O)CN1CCN(CCC(=O)Nc2cccc([N+](=O)[O-])c2C)CC1. The van der Waals surface area contributed by atoms with E-state index in [1.807, 2.05) is 32.0 Å². The average molecular weight is 454 g/mol. The normalized spacial score (nSPS) is 14.6. The van der Waals surface area contributed by atoms with Gasteiger partial charge in [-0.1, -0.05) is 24.3 Å². The highest BCUT2D eigenvalue weighted by atomic mass is 16.6. The van der Waals surface area contributed by atoms with Crippen molar-refractivity contribution in [3.63, 3.8) is 0 Å². The molecule has 1 aliphatic rings. The molecule has 1 heterocycles. The van der Waals surface area contributed by atoms with E-state index in [9.17, 15) is 19.7 Å². The fourth-order valence-electron chi connectivity index (χ4n) is 3.99. The second kappa shape index (κ2) is 11.0. The molecule has 9 nitrogen and oxygen atoms in total. The van der Waals surface area contributed by atoms with Gasteiger partial charge in [0.1, 0.15) is 0 Å². The summed E-state index contributed by atoms with van der Waals surface area (Å²) < 4.78 is 0. The van der Waals surface area contributed by atoms with Crippen LogP contribution in [0.4, 0.5) is 17.1 Å². The molecule has 0 radical (unpaired) electrons. The summed E-state index contributed by atoms with van der Waals surface area (Å²) in [5.41, 5.74) is 3.88. The summed E-state index contributed by atoms with van der Waals surface area (Å²) in [6.07, 6.45) is 0.301. The lowest BCUT2D eigenvalue weighted by molar-refractivity contribution is -0.385. The number of hydrogen-bond donors (Lipinski definition) is 2. The molecule has 1 aliphatic heterocycles. The molecule has 1 fully saturated rings. The van der Waals surface area contributed by atoms with Gasteiger partial charge in [-0.2, -0.15) is 0 Å². The molecule has 0 aromatic heterocycles. The quantitative estimate of drug-likeness (QED) is 0.470. The Balaban J connectivity index is 1.41. The summed E-state index contributed by atoms with van der Waals surface area (Å²) in [6, 6.07) is 10.6. The minimum Gasteiger partial charge on any atom is -0.326 e. The summed E-state index contributed by atoms with van der Waals surface area (Å²) in [6.45, 7) is 9.60. The minimum atomic E-state index is -0.451. The molecule has 2 amide bonds. The molecule has 1 saturated heterocycles. The van der Waals surface area contributed by atoms with E-state index < -0.39 is 4.92 Å². The number of aryl methyl sites for hydroxylation is 2. The monoisotopic (exact) mass is 453 g/mol. The molecule has 0 unspecified atom stereocenters. The summed E-state index contributed by atoms with van der Waals surface area (Å²) in [7, 11) is 0. The third-order valence-electron chi connectivity index (χ3n) is 6.01. The van der Waals surface area contributed by atoms with Crippen LogP contribution in [0.5, 0.6) is 0 Å². The largest absolute Gasteiger partial charge is 0.326 e. The highest BCUT2D eigenvalue weighted by Crippen LogP contribution is 2.25. The van der Waals surface area contributed by atoms with E-state index in [2.05, 4.69) is 20.4 Å². The van der Waals surface area contributed by atoms with Crippen molar-refractivity contribution in [2.24, 2.45) is 0 Å². The Morgan fingerprint density at radius 2 is 1.52 bits per heavy atom. The van der Waals surface area contributed by atoms with Crippen LogP contribution in [0.15, 0.2) is 36.4 Å². The maximum atomic E-state index is 12.5. The predicted octanol–water partition coefficient (Wildman–Crippen LogP) is 3.10. The Morgan fingerprint density at radius 3 is 2.15 bits per heavy atom. The first-order chi connectivity index (χ1) is 15.7. The number of nitro groups is 1. The number of carbonyl (C=O) groups is 2. The Labute approximate surface area is 193 Å². The number of anilines is 2. The summed E-state index contributed by atoms with van der Waals surface area (Å²) >= 11 is 0. The van der Waals surface area contributed by atoms with Gasteiger partial charge in [0.25, 0.3) is 5.69 Å². The fourth-order valence-corrected chi connectivity index (χ4v) is 3.99. The zero-order valence-corrected chi connectivity index (χ0v) is 19.4. The Morgan fingerprint density at radius 1 is 0.909 bits per heavy atom. The van der Waals surface area contributed by atoms with E-state index in [0.29, 0.717) is 30.8 Å². The van der Waals surface area contributed by atoms with Crippen LogP contribution in [0.1, 0.15) is 23.1 Å². The van der Waals surface area contributed by atoms with Gasteiger partial charge >= 0.3 is 0 Å². The number of nitro benzene ring substituents is 1. The highest BCUT2D eigenvalue weighted by molar-refractivity contribution is 5.94. The zero-order valence-electron chi connectivity index (χ0n) is 19.4. The topological polar surface area (TPSA) is 108 Å². The molecular weight excluding hydrogens is 422 g/mol. The maximum absolute atomic E-state index is 12.5. The number of amides is 2. The van der Waals surface area contributed by atoms with Gasteiger partial charge in [0.05, 0.1) is 22.7 Å². The lowest BCUT2D eigenvalue weighted by atomic mass is 10.1. The van der Waals surface area contributed by atoms with Crippen LogP contribution < -0.4 is 10.6 Å². The van der Waals surface area contributed by atoms with Gasteiger partial charge in [-0.15, -0.1) is 0 Å². The minimum absolute atomic E-state index is 0.00876. The number of piperazine rings is 1. The Hall–Kier alpha value is -3.30. The molecule has 0 spiro atoms. The Bertz CT molecular complexity index is 1010. The second-order valence-electron chi connectivity index (χ2n) is 8.44. The molecule has 2 aromatic rings. The molecule has 2 N–H and O–H groups in total. The van der Waals surface area contributed by atoms with Crippen LogP contribution in [-0.4, -0.2) is 65.8 Å². The molecule has 33 heavy (non-hydrogen) atoms. The molecule has 0 saturated carbocycles. The third kappa shape index (κ3) is 6.59. The molecular formula is C24H31N5O4. The van der Waals surface area contributed by atoms with Crippen molar-refractivity contribution >= 4 is 28.9 Å². The number of nitrogens with zero attached hydrogens (tertiary/aromatic N) is 3. The van der Waals surface area contributed by atoms with Crippen molar-refractivity contribution in [2.45, 2.75) is 27.2 Å². The smallest absolute Gasteiger partial charge is 0.274 e. The molecule has 176 valence electrons. The van der Waals surface area contributed by atoms with Crippen LogP contribution in [0.2, 0.25) is 0 Å². The van der Waals surface area contributed by atoms with Gasteiger partial charge in [-0.3, -0.25) is 24.6 Å². The lowest BCUT2D eigenvalue weighted by Crippen LogP contribution is -2.49. The fraction of sp³-hybridized carbons (Fsp3) is 0.417. The third-order valence-corrected chi connectivity index (χ3v) is 6.01. The van der Waals surface area contributed by atoms with Crippen molar-refractivity contribution in [3.8, 4) is 0 Å². The zero-order chi connectivity index (χ0) is 24.0. The van der Waals surface area contributed by atoms with Gasteiger partial charge in [0.2, 0.25) is 11.8 Å². The first-order valence-corrected chi connectivity index (χ1v) is 11.1. The van der Waals surface area contributed by atoms with Crippen LogP contribution in [0.25, 0.3) is 0 Å². The van der Waals surface area contributed by atoms with Crippen molar-refractivity contribution in [3.05, 3.63) is 63.2 Å². The van der Waals surface area contributed by atoms with E-state index in [1.54, 1.807) is 19.1 Å². The number of nitrogens with one attached hydrogen (secondary N) is 2. The molecule has 0 bridgehead atoms. The summed E-state index contributed by atoms with van der Waals surface area (Å²) in [4.78, 5) is 39.8. The molecule has 9 heteroatoms. The van der Waals surface area contributed by atoms with E-state index in [0.717, 1.165) is 43.0 Å². The van der Waals surface area contributed by atoms with Gasteiger partial charge < -0.3 is 15.5 Å². The van der Waals surface area contributed by atoms with Gasteiger partial charge in [0.15, 0.2) is 0 Å². The molecule has 0 atom stereocenters. The van der Waals surface area contributed by atoms with Crippen LogP contribution >= 0.6 is 0 Å². The number of para-hydroxylation sites is 1. The predicted molar refractivity (Wildman–Crippen MR) is 129 cm³/mol. The standard InChI is InChI=1S/C24H31N5O4/c1-17-6-4-7-18(2)24(17)26-23(31)16-28-14-12-27(13-15-28)11-10-22(30)25-20-8-5-9-21(19(20)3)29(32)33/h4-9H,10-16H2,1-3H3,(H,25,30)(H,26,31). The Kier molecular flexibility index (Phi) is 8.13. The van der Waals surface area contributed by atoms with Crippen molar-refractivity contribution in [1.82, 2.24) is 9.80 Å². The van der Waals surface area contributed by atoms with E-state index >= 15 is 0 Å². The second-order valence-corrected chi connectivity index (χ2v) is 8.44. The van der Waals surface area contributed by atoms with E-state index in [4.69, 9.17) is 0 Å². The first-order valence-electron chi connectivity index (χ1n) is 11.1. The van der Waals surface area contributed by atoms with Crippen molar-refractivity contribution < 1.29 is 14.5 Å².